The average Bonchev–Trinajstić information content (AvgIpc) is 3.49. The lowest BCUT2D eigenvalue weighted by molar-refractivity contribution is -0.116. The van der Waals surface area contributed by atoms with Gasteiger partial charge < -0.3 is 10.6 Å². The number of aromatic nitrogens is 6. The van der Waals surface area contributed by atoms with Gasteiger partial charge in [0.2, 0.25) is 5.91 Å². The predicted molar refractivity (Wildman–Crippen MR) is 130 cm³/mol. The Bertz CT molecular complexity index is 1530. The molecule has 0 saturated carbocycles. The number of imidazole rings is 1. The number of carbonyl (C=O) groups excluding carboxylic acids is 1. The highest BCUT2D eigenvalue weighted by Crippen LogP contribution is 2.24. The Morgan fingerprint density at radius 2 is 1.97 bits per heavy atom. The molecule has 0 fully saturated rings. The quantitative estimate of drug-likeness (QED) is 0.344. The number of amides is 1. The molecule has 9 nitrogen and oxygen atoms in total. The van der Waals surface area contributed by atoms with E-state index in [0.717, 1.165) is 35.0 Å². The third kappa shape index (κ3) is 4.90. The van der Waals surface area contributed by atoms with Crippen molar-refractivity contribution in [3.8, 4) is 11.3 Å². The SMILES string of the molecule is Cc1cn2c(-c3cnn(CC(=O)Nc4cccc(F)c4F)c3)cnc2c(NCCc2cccnc2)n1. The van der Waals surface area contributed by atoms with Gasteiger partial charge in [0, 0.05) is 36.9 Å². The first kappa shape index (κ1) is 23.1. The third-order valence-electron chi connectivity index (χ3n) is 5.50. The van der Waals surface area contributed by atoms with Crippen LogP contribution in [0.2, 0.25) is 0 Å². The molecule has 0 unspecified atom stereocenters. The summed E-state index contributed by atoms with van der Waals surface area (Å²) in [4.78, 5) is 25.6. The number of carbonyl (C=O) groups is 1. The number of hydrogen-bond acceptors (Lipinski definition) is 6. The number of pyridine rings is 1. The van der Waals surface area contributed by atoms with Crippen LogP contribution >= 0.6 is 0 Å². The summed E-state index contributed by atoms with van der Waals surface area (Å²) < 4.78 is 30.6. The minimum Gasteiger partial charge on any atom is -0.367 e. The maximum atomic E-state index is 13.8. The molecule has 1 aromatic carbocycles. The summed E-state index contributed by atoms with van der Waals surface area (Å²) in [6, 6.07) is 7.53. The van der Waals surface area contributed by atoms with Crippen molar-refractivity contribution in [3.05, 3.63) is 90.4 Å². The summed E-state index contributed by atoms with van der Waals surface area (Å²) in [6.07, 6.45) is 11.3. The predicted octanol–water partition coefficient (Wildman–Crippen LogP) is 3.87. The molecule has 5 aromatic rings. The summed E-state index contributed by atoms with van der Waals surface area (Å²) >= 11 is 0. The van der Waals surface area contributed by atoms with E-state index in [1.807, 2.05) is 35.9 Å². The van der Waals surface area contributed by atoms with Crippen molar-refractivity contribution >= 4 is 23.1 Å². The van der Waals surface area contributed by atoms with E-state index in [0.29, 0.717) is 18.0 Å². The summed E-state index contributed by atoms with van der Waals surface area (Å²) in [7, 11) is 0. The maximum absolute atomic E-state index is 13.8. The molecule has 0 aliphatic rings. The lowest BCUT2D eigenvalue weighted by atomic mass is 10.2. The molecule has 182 valence electrons. The summed E-state index contributed by atoms with van der Waals surface area (Å²) in [5.41, 5.74) is 3.87. The van der Waals surface area contributed by atoms with E-state index in [1.54, 1.807) is 24.8 Å². The normalized spacial score (nSPS) is 11.1. The van der Waals surface area contributed by atoms with Crippen molar-refractivity contribution < 1.29 is 13.6 Å². The highest BCUT2D eigenvalue weighted by Gasteiger charge is 2.15. The molecule has 4 heterocycles. The molecule has 0 saturated heterocycles. The second-order valence-electron chi connectivity index (χ2n) is 8.18. The fraction of sp³-hybridized carbons (Fsp3) is 0.160. The van der Waals surface area contributed by atoms with Crippen molar-refractivity contribution in [1.29, 1.82) is 0 Å². The first-order chi connectivity index (χ1) is 17.5. The number of halogens is 2. The van der Waals surface area contributed by atoms with Gasteiger partial charge in [-0.3, -0.25) is 18.9 Å². The van der Waals surface area contributed by atoms with Crippen LogP contribution in [-0.2, 0) is 17.8 Å². The third-order valence-corrected chi connectivity index (χ3v) is 5.50. The van der Waals surface area contributed by atoms with Crippen molar-refractivity contribution in [2.45, 2.75) is 19.9 Å². The number of fused-ring (bicyclic) bond motifs is 1. The number of nitrogens with zero attached hydrogens (tertiary/aromatic N) is 6. The van der Waals surface area contributed by atoms with Crippen LogP contribution in [0.25, 0.3) is 16.9 Å². The van der Waals surface area contributed by atoms with Crippen molar-refractivity contribution in [3.63, 3.8) is 0 Å². The van der Waals surface area contributed by atoms with Gasteiger partial charge >= 0.3 is 0 Å². The average molecular weight is 489 g/mol. The van der Waals surface area contributed by atoms with Crippen molar-refractivity contribution in [1.82, 2.24) is 29.1 Å². The topological polar surface area (TPSA) is 102 Å². The monoisotopic (exact) mass is 488 g/mol. The van der Waals surface area contributed by atoms with Gasteiger partial charge in [0.05, 0.1) is 29.5 Å². The largest absolute Gasteiger partial charge is 0.367 e. The summed E-state index contributed by atoms with van der Waals surface area (Å²) in [5, 5.41) is 9.96. The van der Waals surface area contributed by atoms with Gasteiger partial charge in [0.1, 0.15) is 6.54 Å². The van der Waals surface area contributed by atoms with Crippen LogP contribution in [0.4, 0.5) is 20.3 Å². The van der Waals surface area contributed by atoms with Gasteiger partial charge in [-0.25, -0.2) is 18.7 Å². The molecule has 0 radical (unpaired) electrons. The Morgan fingerprint density at radius 3 is 2.81 bits per heavy atom. The number of nitrogens with one attached hydrogen (secondary N) is 2. The van der Waals surface area contributed by atoms with E-state index in [9.17, 15) is 13.6 Å². The standard InChI is InChI=1S/C25H22F2N8O/c1-16-13-35-21(12-30-25(35)24(32-16)29-9-7-17-4-3-8-28-10-17)18-11-31-34(14-18)15-22(36)33-20-6-2-5-19(26)23(20)27/h2-6,8,10-14H,7,9,15H2,1H3,(H,29,32)(H,33,36). The molecular weight excluding hydrogens is 466 g/mol. The molecule has 0 atom stereocenters. The zero-order valence-electron chi connectivity index (χ0n) is 19.3. The van der Waals surface area contributed by atoms with Crippen LogP contribution in [0, 0.1) is 18.6 Å². The van der Waals surface area contributed by atoms with Crippen molar-refractivity contribution in [2.24, 2.45) is 0 Å². The van der Waals surface area contributed by atoms with Gasteiger partial charge in [-0.1, -0.05) is 12.1 Å². The second-order valence-corrected chi connectivity index (χ2v) is 8.18. The number of hydrogen-bond donors (Lipinski definition) is 2. The minimum absolute atomic E-state index is 0.172. The Hall–Kier alpha value is -4.67. The molecule has 11 heteroatoms. The Balaban J connectivity index is 1.31. The van der Waals surface area contributed by atoms with E-state index < -0.39 is 17.5 Å². The van der Waals surface area contributed by atoms with E-state index in [2.05, 4.69) is 30.7 Å². The van der Waals surface area contributed by atoms with Gasteiger partial charge in [-0.2, -0.15) is 5.10 Å². The van der Waals surface area contributed by atoms with Gasteiger partial charge in [0.25, 0.3) is 0 Å². The smallest absolute Gasteiger partial charge is 0.246 e. The molecule has 1 amide bonds. The van der Waals surface area contributed by atoms with Crippen LogP contribution in [0.15, 0.2) is 67.5 Å². The highest BCUT2D eigenvalue weighted by molar-refractivity contribution is 5.90. The molecule has 2 N–H and O–H groups in total. The van der Waals surface area contributed by atoms with Crippen LogP contribution in [0.5, 0.6) is 0 Å². The van der Waals surface area contributed by atoms with Crippen molar-refractivity contribution in [2.75, 3.05) is 17.2 Å². The Morgan fingerprint density at radius 1 is 1.08 bits per heavy atom. The fourth-order valence-electron chi connectivity index (χ4n) is 3.83. The molecule has 5 rings (SSSR count). The van der Waals surface area contributed by atoms with Crippen LogP contribution in [-0.4, -0.2) is 41.6 Å². The van der Waals surface area contributed by atoms with Gasteiger partial charge in [-0.05, 0) is 37.1 Å². The highest BCUT2D eigenvalue weighted by atomic mass is 19.2. The number of anilines is 2. The zero-order valence-corrected chi connectivity index (χ0v) is 19.3. The maximum Gasteiger partial charge on any atom is 0.246 e. The van der Waals surface area contributed by atoms with Gasteiger partial charge in [-0.15, -0.1) is 0 Å². The molecule has 4 aromatic heterocycles. The molecular formula is C25H22F2N8O. The van der Waals surface area contributed by atoms with Crippen LogP contribution < -0.4 is 10.6 Å². The molecule has 0 aliphatic carbocycles. The number of rotatable bonds is 8. The molecule has 0 bridgehead atoms. The van der Waals surface area contributed by atoms with Crippen LogP contribution in [0.3, 0.4) is 0 Å². The zero-order chi connectivity index (χ0) is 25.1. The van der Waals surface area contributed by atoms with Crippen LogP contribution in [0.1, 0.15) is 11.3 Å². The summed E-state index contributed by atoms with van der Waals surface area (Å²) in [5.74, 6) is -2.01. The Labute approximate surface area is 204 Å². The molecule has 0 spiro atoms. The fourth-order valence-corrected chi connectivity index (χ4v) is 3.83. The summed E-state index contributed by atoms with van der Waals surface area (Å²) in [6.45, 7) is 2.39. The first-order valence-corrected chi connectivity index (χ1v) is 11.2. The molecule has 36 heavy (non-hydrogen) atoms. The van der Waals surface area contributed by atoms with E-state index in [1.165, 1.54) is 16.8 Å². The van der Waals surface area contributed by atoms with E-state index in [-0.39, 0.29) is 12.2 Å². The molecule has 0 aliphatic heterocycles. The van der Waals surface area contributed by atoms with Gasteiger partial charge in [0.15, 0.2) is 23.1 Å². The Kier molecular flexibility index (Phi) is 6.35. The first-order valence-electron chi connectivity index (χ1n) is 11.2. The number of benzene rings is 1. The lowest BCUT2D eigenvalue weighted by Crippen LogP contribution is -2.19. The lowest BCUT2D eigenvalue weighted by Gasteiger charge is -2.09. The van der Waals surface area contributed by atoms with E-state index >= 15 is 0 Å². The van der Waals surface area contributed by atoms with E-state index in [4.69, 9.17) is 0 Å². The number of aryl methyl sites for hydroxylation is 1. The minimum atomic E-state index is -1.11. The second kappa shape index (κ2) is 9.90.